The van der Waals surface area contributed by atoms with Crippen LogP contribution >= 0.6 is 11.6 Å². The van der Waals surface area contributed by atoms with Gasteiger partial charge in [0.05, 0.1) is 16.6 Å². The molecule has 0 saturated heterocycles. The fraction of sp³-hybridized carbons (Fsp3) is 0.167. The van der Waals surface area contributed by atoms with E-state index in [1.54, 1.807) is 42.5 Å². The summed E-state index contributed by atoms with van der Waals surface area (Å²) in [6.45, 7) is 0. The maximum absolute atomic E-state index is 13.3. The Bertz CT molecular complexity index is 1410. The summed E-state index contributed by atoms with van der Waals surface area (Å²) in [5.74, 6) is 0.200. The smallest absolute Gasteiger partial charge is 0.369 e. The Morgan fingerprint density at radius 1 is 0.829 bits per heavy atom. The summed E-state index contributed by atoms with van der Waals surface area (Å²) in [6.07, 6.45) is -11.9. The van der Waals surface area contributed by atoms with E-state index in [1.165, 1.54) is 6.07 Å². The van der Waals surface area contributed by atoms with E-state index in [1.807, 2.05) is 0 Å². The number of halogens is 7. The second-order valence-corrected chi connectivity index (χ2v) is 8.18. The van der Waals surface area contributed by atoms with Gasteiger partial charge in [0.1, 0.15) is 5.82 Å². The Labute approximate surface area is 199 Å². The third-order valence-electron chi connectivity index (χ3n) is 5.48. The van der Waals surface area contributed by atoms with Gasteiger partial charge in [0.15, 0.2) is 0 Å². The van der Waals surface area contributed by atoms with E-state index < -0.39 is 29.1 Å². The fourth-order valence-corrected chi connectivity index (χ4v) is 3.81. The van der Waals surface area contributed by atoms with Gasteiger partial charge in [-0.05, 0) is 42.0 Å². The van der Waals surface area contributed by atoms with Crippen molar-refractivity contribution in [3.05, 3.63) is 105 Å². The van der Waals surface area contributed by atoms with Crippen LogP contribution < -0.4 is 5.56 Å². The lowest BCUT2D eigenvalue weighted by Gasteiger charge is -2.32. The first kappa shape index (κ1) is 24.7. The van der Waals surface area contributed by atoms with Gasteiger partial charge in [-0.15, -0.1) is 0 Å². The molecule has 0 aliphatic rings. The summed E-state index contributed by atoms with van der Waals surface area (Å²) in [5, 5.41) is 10.3. The highest BCUT2D eigenvalue weighted by atomic mass is 35.5. The van der Waals surface area contributed by atoms with Crippen molar-refractivity contribution >= 4 is 22.5 Å². The van der Waals surface area contributed by atoms with E-state index in [2.05, 4.69) is 4.98 Å². The molecule has 0 aliphatic carbocycles. The molecular weight excluding hydrogens is 498 g/mol. The van der Waals surface area contributed by atoms with Gasteiger partial charge in [-0.25, -0.2) is 4.98 Å². The van der Waals surface area contributed by atoms with Crippen molar-refractivity contribution in [3.8, 4) is 5.69 Å². The first-order chi connectivity index (χ1) is 16.3. The first-order valence-corrected chi connectivity index (χ1v) is 10.4. The van der Waals surface area contributed by atoms with Crippen molar-refractivity contribution in [2.75, 3.05) is 0 Å². The van der Waals surface area contributed by atoms with Gasteiger partial charge in [-0.3, -0.25) is 9.36 Å². The molecule has 0 saturated carbocycles. The van der Waals surface area contributed by atoms with Gasteiger partial charge >= 0.3 is 12.4 Å². The molecule has 4 rings (SSSR count). The number of benzene rings is 3. The molecule has 1 aromatic heterocycles. The largest absolute Gasteiger partial charge is 0.430 e. The molecule has 0 spiro atoms. The summed E-state index contributed by atoms with van der Waals surface area (Å²) in [7, 11) is 0. The molecule has 0 bridgehead atoms. The molecule has 1 N–H and O–H groups in total. The van der Waals surface area contributed by atoms with Crippen molar-refractivity contribution in [2.45, 2.75) is 24.4 Å². The Kier molecular flexibility index (Phi) is 6.14. The SMILES string of the molecule is O=c1c2ccccc2nc(Cc2ccc(Cl)cc2)n1-c1ccc(C(O)(C(F)(F)F)C(F)(F)F)cc1. The van der Waals surface area contributed by atoms with E-state index in [4.69, 9.17) is 11.6 Å². The van der Waals surface area contributed by atoms with Gasteiger partial charge in [0.25, 0.3) is 11.2 Å². The average Bonchev–Trinajstić information content (AvgIpc) is 2.79. The second kappa shape index (κ2) is 8.69. The van der Waals surface area contributed by atoms with Crippen molar-refractivity contribution in [1.29, 1.82) is 0 Å². The van der Waals surface area contributed by atoms with E-state index in [0.29, 0.717) is 28.2 Å². The molecule has 4 nitrogen and oxygen atoms in total. The van der Waals surface area contributed by atoms with E-state index in [9.17, 15) is 36.2 Å². The quantitative estimate of drug-likeness (QED) is 0.344. The van der Waals surface area contributed by atoms with Gasteiger partial charge in [-0.1, -0.05) is 48.0 Å². The number of alkyl halides is 6. The van der Waals surface area contributed by atoms with Crippen LogP contribution in [0.5, 0.6) is 0 Å². The van der Waals surface area contributed by atoms with Crippen molar-refractivity contribution in [2.24, 2.45) is 0 Å². The van der Waals surface area contributed by atoms with Crippen LogP contribution in [0.15, 0.2) is 77.6 Å². The molecule has 3 aromatic carbocycles. The lowest BCUT2D eigenvalue weighted by Crippen LogP contribution is -2.53. The van der Waals surface area contributed by atoms with Gasteiger partial charge < -0.3 is 5.11 Å². The van der Waals surface area contributed by atoms with Gasteiger partial charge in [0.2, 0.25) is 0 Å². The molecule has 182 valence electrons. The average molecular weight is 513 g/mol. The highest BCUT2D eigenvalue weighted by Crippen LogP contribution is 2.50. The predicted octanol–water partition coefficient (Wildman–Crippen LogP) is 5.94. The summed E-state index contributed by atoms with van der Waals surface area (Å²) < 4.78 is 80.5. The second-order valence-electron chi connectivity index (χ2n) is 7.74. The monoisotopic (exact) mass is 512 g/mol. The van der Waals surface area contributed by atoms with Crippen molar-refractivity contribution in [1.82, 2.24) is 9.55 Å². The predicted molar refractivity (Wildman–Crippen MR) is 118 cm³/mol. The number of para-hydroxylation sites is 1. The number of aromatic nitrogens is 2. The lowest BCUT2D eigenvalue weighted by atomic mass is 9.92. The fourth-order valence-electron chi connectivity index (χ4n) is 3.69. The minimum atomic E-state index is -6.02. The maximum atomic E-state index is 13.3. The lowest BCUT2D eigenvalue weighted by molar-refractivity contribution is -0.376. The Balaban J connectivity index is 1.88. The molecule has 1 heterocycles. The minimum absolute atomic E-state index is 0.0207. The number of rotatable bonds is 4. The zero-order valence-corrected chi connectivity index (χ0v) is 18.3. The Hall–Kier alpha value is -3.37. The zero-order valence-electron chi connectivity index (χ0n) is 17.5. The molecule has 4 aromatic rings. The van der Waals surface area contributed by atoms with E-state index >= 15 is 0 Å². The van der Waals surface area contributed by atoms with Crippen LogP contribution in [-0.4, -0.2) is 27.0 Å². The minimum Gasteiger partial charge on any atom is -0.369 e. The number of nitrogens with zero attached hydrogens (tertiary/aromatic N) is 2. The molecule has 11 heteroatoms. The first-order valence-electron chi connectivity index (χ1n) is 10.0. The van der Waals surface area contributed by atoms with Crippen molar-refractivity contribution in [3.63, 3.8) is 0 Å². The Morgan fingerprint density at radius 2 is 1.40 bits per heavy atom. The molecule has 0 atom stereocenters. The third kappa shape index (κ3) is 4.39. The van der Waals surface area contributed by atoms with Crippen LogP contribution in [0.4, 0.5) is 26.3 Å². The molecule has 35 heavy (non-hydrogen) atoms. The number of hydrogen-bond donors (Lipinski definition) is 1. The highest BCUT2D eigenvalue weighted by molar-refractivity contribution is 6.30. The molecule has 0 aliphatic heterocycles. The summed E-state index contributed by atoms with van der Waals surface area (Å²) in [5.41, 5.74) is -6.00. The highest BCUT2D eigenvalue weighted by Gasteiger charge is 2.71. The van der Waals surface area contributed by atoms with Crippen LogP contribution in [-0.2, 0) is 12.0 Å². The molecule has 0 fully saturated rings. The summed E-state index contributed by atoms with van der Waals surface area (Å²) in [6, 6.07) is 15.8. The van der Waals surface area contributed by atoms with Crippen LogP contribution in [0.1, 0.15) is 17.0 Å². The van der Waals surface area contributed by atoms with Crippen LogP contribution in [0, 0.1) is 0 Å². The standard InChI is InChI=1S/C24H15ClF6N2O2/c25-16-9-5-14(6-10-16)13-20-32-19-4-2-1-3-18(19)21(34)33(20)17-11-7-15(8-12-17)22(35,23(26,27)28)24(29,30)31/h1-12,35H,13H2. The van der Waals surface area contributed by atoms with Crippen molar-refractivity contribution < 1.29 is 31.4 Å². The third-order valence-corrected chi connectivity index (χ3v) is 5.74. The molecule has 0 unspecified atom stereocenters. The number of fused-ring (bicyclic) bond motifs is 1. The van der Waals surface area contributed by atoms with E-state index in [0.717, 1.165) is 16.7 Å². The van der Waals surface area contributed by atoms with Crippen LogP contribution in [0.2, 0.25) is 5.02 Å². The summed E-state index contributed by atoms with van der Waals surface area (Å²) in [4.78, 5) is 17.8. The zero-order chi connectivity index (χ0) is 25.6. The number of hydrogen-bond acceptors (Lipinski definition) is 3. The van der Waals surface area contributed by atoms with Crippen LogP contribution in [0.3, 0.4) is 0 Å². The van der Waals surface area contributed by atoms with E-state index in [-0.39, 0.29) is 23.3 Å². The maximum Gasteiger partial charge on any atom is 0.430 e. The summed E-state index contributed by atoms with van der Waals surface area (Å²) >= 11 is 5.91. The molecular formula is C24H15ClF6N2O2. The normalized spacial score (nSPS) is 12.8. The van der Waals surface area contributed by atoms with Crippen LogP contribution in [0.25, 0.3) is 16.6 Å². The number of aliphatic hydroxyl groups is 1. The van der Waals surface area contributed by atoms with Gasteiger partial charge in [-0.2, -0.15) is 26.3 Å². The molecule has 0 amide bonds. The topological polar surface area (TPSA) is 55.1 Å². The Morgan fingerprint density at radius 3 is 1.97 bits per heavy atom. The van der Waals surface area contributed by atoms with Gasteiger partial charge in [0, 0.05) is 17.0 Å². The molecule has 0 radical (unpaired) electrons.